The second kappa shape index (κ2) is 11.0. The molecule has 3 aromatic carbocycles. The molecule has 0 saturated carbocycles. The Morgan fingerprint density at radius 1 is 1.08 bits per heavy atom. The van der Waals surface area contributed by atoms with Crippen molar-refractivity contribution in [3.63, 3.8) is 0 Å². The molecular weight excluding hydrogens is 488 g/mol. The zero-order valence-electron chi connectivity index (χ0n) is 22.3. The van der Waals surface area contributed by atoms with Crippen LogP contribution in [0, 0.1) is 0 Å². The highest BCUT2D eigenvalue weighted by atomic mass is 16.5. The molecule has 5 rings (SSSR count). The molecule has 1 aromatic heterocycles. The van der Waals surface area contributed by atoms with E-state index < -0.39 is 17.7 Å². The summed E-state index contributed by atoms with van der Waals surface area (Å²) in [4.78, 5) is 31.7. The fourth-order valence-corrected chi connectivity index (χ4v) is 5.10. The van der Waals surface area contributed by atoms with Gasteiger partial charge >= 0.3 is 0 Å². The molecule has 1 amide bonds. The lowest BCUT2D eigenvalue weighted by molar-refractivity contribution is -0.129. The molecule has 0 spiro atoms. The molecule has 0 radical (unpaired) electrons. The van der Waals surface area contributed by atoms with Crippen molar-refractivity contribution in [2.75, 3.05) is 13.7 Å². The van der Waals surface area contributed by atoms with Gasteiger partial charge in [-0.2, -0.15) is 0 Å². The molecule has 4 aromatic rings. The van der Waals surface area contributed by atoms with Crippen LogP contribution in [0.1, 0.15) is 48.1 Å². The molecule has 0 unspecified atom stereocenters. The fraction of sp³-hybridized carbons (Fsp3) is 0.212. The molecule has 39 heavy (non-hydrogen) atoms. The Kier molecular flexibility index (Phi) is 7.37. The van der Waals surface area contributed by atoms with E-state index in [0.29, 0.717) is 18.9 Å². The van der Waals surface area contributed by atoms with Crippen molar-refractivity contribution in [1.29, 1.82) is 0 Å². The largest absolute Gasteiger partial charge is 0.503 e. The first-order chi connectivity index (χ1) is 18.9. The minimum absolute atomic E-state index is 0.102. The van der Waals surface area contributed by atoms with Gasteiger partial charge in [-0.25, -0.2) is 0 Å². The van der Waals surface area contributed by atoms with Crippen LogP contribution in [-0.2, 0) is 16.0 Å². The number of benzene rings is 3. The van der Waals surface area contributed by atoms with E-state index >= 15 is 0 Å². The third kappa shape index (κ3) is 5.23. The number of H-pyrrole nitrogens is 1. The minimum atomic E-state index is -0.689. The highest BCUT2D eigenvalue weighted by Crippen LogP contribution is 2.39. The summed E-state index contributed by atoms with van der Waals surface area (Å²) in [6.45, 7) is 4.56. The molecule has 2 N–H and O–H groups in total. The number of aliphatic hydroxyl groups is 1. The quantitative estimate of drug-likeness (QED) is 0.246. The van der Waals surface area contributed by atoms with E-state index in [9.17, 15) is 14.7 Å². The summed E-state index contributed by atoms with van der Waals surface area (Å²) in [6.07, 6.45) is 5.60. The van der Waals surface area contributed by atoms with E-state index in [-0.39, 0.29) is 11.4 Å². The van der Waals surface area contributed by atoms with Crippen LogP contribution in [0.4, 0.5) is 0 Å². The standard InChI is InChI=1S/C33H32N2O4/c1-21(2)23-10-12-24(13-11-23)31-30(29(36)16-9-22-7-5-4-6-8-22)32(37)33(38)35(31)18-17-25-20-34-28-15-14-26(39-3)19-27(25)28/h4-16,19-21,31,34,37H,17-18H2,1-3H3/b16-9+/t31-/m0/s1. The van der Waals surface area contributed by atoms with Crippen molar-refractivity contribution in [2.24, 2.45) is 0 Å². The van der Waals surface area contributed by atoms with Crippen molar-refractivity contribution in [3.05, 3.63) is 119 Å². The van der Waals surface area contributed by atoms with Crippen molar-refractivity contribution in [2.45, 2.75) is 32.2 Å². The number of nitrogens with one attached hydrogen (secondary N) is 1. The van der Waals surface area contributed by atoms with Crippen molar-refractivity contribution < 1.29 is 19.4 Å². The number of amides is 1. The van der Waals surface area contributed by atoms with Gasteiger partial charge in [0, 0.05) is 23.6 Å². The Morgan fingerprint density at radius 3 is 2.51 bits per heavy atom. The van der Waals surface area contributed by atoms with E-state index in [2.05, 4.69) is 18.8 Å². The Hall–Kier alpha value is -4.58. The predicted molar refractivity (Wildman–Crippen MR) is 154 cm³/mol. The maximum Gasteiger partial charge on any atom is 0.290 e. The lowest BCUT2D eigenvalue weighted by Crippen LogP contribution is -2.33. The first kappa shape index (κ1) is 26.0. The van der Waals surface area contributed by atoms with Gasteiger partial charge in [-0.15, -0.1) is 0 Å². The molecule has 0 fully saturated rings. The number of methoxy groups -OCH3 is 1. The number of carbonyl (C=O) groups is 2. The molecule has 1 atom stereocenters. The topological polar surface area (TPSA) is 82.6 Å². The first-order valence-electron chi connectivity index (χ1n) is 13.1. The Labute approximate surface area is 228 Å². The van der Waals surface area contributed by atoms with E-state index in [4.69, 9.17) is 4.74 Å². The van der Waals surface area contributed by atoms with Crippen molar-refractivity contribution >= 4 is 28.7 Å². The summed E-state index contributed by atoms with van der Waals surface area (Å²) in [5.41, 5.74) is 4.90. The van der Waals surface area contributed by atoms with Gasteiger partial charge in [0.15, 0.2) is 11.5 Å². The number of carbonyl (C=O) groups excluding carboxylic acids is 2. The average Bonchev–Trinajstić information content (AvgIpc) is 3.48. The van der Waals surface area contributed by atoms with Crippen LogP contribution in [0.3, 0.4) is 0 Å². The van der Waals surface area contributed by atoms with Crippen LogP contribution < -0.4 is 4.74 Å². The molecule has 0 aliphatic carbocycles. The van der Waals surface area contributed by atoms with Gasteiger partial charge in [0.05, 0.1) is 18.7 Å². The number of ketones is 1. The fourth-order valence-electron chi connectivity index (χ4n) is 5.10. The third-order valence-electron chi connectivity index (χ3n) is 7.31. The number of allylic oxidation sites excluding steroid dienone is 1. The molecule has 6 nitrogen and oxygen atoms in total. The number of aromatic amines is 1. The molecular formula is C33H32N2O4. The maximum absolute atomic E-state index is 13.5. The number of aliphatic hydroxyl groups excluding tert-OH is 1. The number of rotatable bonds is 9. The van der Waals surface area contributed by atoms with Gasteiger partial charge < -0.3 is 19.7 Å². The SMILES string of the molecule is COc1ccc2[nH]cc(CCN3C(=O)C(O)=C(C(=O)/C=C/c4ccccc4)[C@@H]3c3ccc(C(C)C)cc3)c2c1. The first-order valence-corrected chi connectivity index (χ1v) is 13.1. The number of ether oxygens (including phenoxy) is 1. The number of hydrogen-bond acceptors (Lipinski definition) is 4. The van der Waals surface area contributed by atoms with Crippen LogP contribution in [0.5, 0.6) is 5.75 Å². The Bertz CT molecular complexity index is 1560. The molecule has 2 heterocycles. The van der Waals surface area contributed by atoms with E-state index in [1.54, 1.807) is 18.1 Å². The molecule has 0 saturated heterocycles. The van der Waals surface area contributed by atoms with Gasteiger partial charge in [0.1, 0.15) is 5.75 Å². The van der Waals surface area contributed by atoms with Crippen LogP contribution in [0.2, 0.25) is 0 Å². The number of nitrogens with zero attached hydrogens (tertiary/aromatic N) is 1. The minimum Gasteiger partial charge on any atom is -0.503 e. The summed E-state index contributed by atoms with van der Waals surface area (Å²) in [6, 6.07) is 22.5. The summed E-state index contributed by atoms with van der Waals surface area (Å²) >= 11 is 0. The van der Waals surface area contributed by atoms with Crippen molar-refractivity contribution in [1.82, 2.24) is 9.88 Å². The van der Waals surface area contributed by atoms with E-state index in [1.165, 1.54) is 6.08 Å². The lowest BCUT2D eigenvalue weighted by atomic mass is 9.93. The molecule has 0 bridgehead atoms. The molecule has 6 heteroatoms. The average molecular weight is 521 g/mol. The van der Waals surface area contributed by atoms with Crippen LogP contribution in [-0.4, -0.2) is 40.3 Å². The zero-order valence-corrected chi connectivity index (χ0v) is 22.3. The van der Waals surface area contributed by atoms with E-state index in [0.717, 1.165) is 38.9 Å². The predicted octanol–water partition coefficient (Wildman–Crippen LogP) is 6.52. The van der Waals surface area contributed by atoms with Gasteiger partial charge in [0.2, 0.25) is 0 Å². The summed E-state index contributed by atoms with van der Waals surface area (Å²) in [7, 11) is 1.63. The highest BCUT2D eigenvalue weighted by molar-refractivity contribution is 6.14. The lowest BCUT2D eigenvalue weighted by Gasteiger charge is -2.27. The van der Waals surface area contributed by atoms with Crippen LogP contribution in [0.25, 0.3) is 17.0 Å². The Morgan fingerprint density at radius 2 is 1.82 bits per heavy atom. The number of aromatic nitrogens is 1. The number of fused-ring (bicyclic) bond motifs is 1. The number of hydrogen-bond donors (Lipinski definition) is 2. The summed E-state index contributed by atoms with van der Waals surface area (Å²) < 4.78 is 5.39. The molecule has 198 valence electrons. The van der Waals surface area contributed by atoms with Crippen LogP contribution >= 0.6 is 0 Å². The summed E-state index contributed by atoms with van der Waals surface area (Å²) in [5.74, 6) is -0.320. The Balaban J connectivity index is 1.48. The third-order valence-corrected chi connectivity index (χ3v) is 7.31. The molecule has 1 aliphatic rings. The highest BCUT2D eigenvalue weighted by Gasteiger charge is 2.42. The van der Waals surface area contributed by atoms with Gasteiger partial charge in [-0.3, -0.25) is 9.59 Å². The molecule has 1 aliphatic heterocycles. The monoisotopic (exact) mass is 520 g/mol. The summed E-state index contributed by atoms with van der Waals surface area (Å²) in [5, 5.41) is 12.0. The normalized spacial score (nSPS) is 15.7. The van der Waals surface area contributed by atoms with Crippen molar-refractivity contribution in [3.8, 4) is 5.75 Å². The smallest absolute Gasteiger partial charge is 0.290 e. The maximum atomic E-state index is 13.5. The van der Waals surface area contributed by atoms with Gasteiger partial charge in [0.25, 0.3) is 5.91 Å². The second-order valence-electron chi connectivity index (χ2n) is 10.1. The van der Waals surface area contributed by atoms with Crippen LogP contribution in [0.15, 0.2) is 96.4 Å². The second-order valence-corrected chi connectivity index (χ2v) is 10.1. The van der Waals surface area contributed by atoms with Gasteiger partial charge in [-0.05, 0) is 58.9 Å². The van der Waals surface area contributed by atoms with E-state index in [1.807, 2.05) is 79.0 Å². The van der Waals surface area contributed by atoms with Gasteiger partial charge in [-0.1, -0.05) is 74.5 Å². The zero-order chi connectivity index (χ0) is 27.5.